The fourth-order valence-electron chi connectivity index (χ4n) is 1.30. The minimum Gasteiger partial charge on any atom is -0.326 e. The highest BCUT2D eigenvalue weighted by atomic mass is 16.2. The Morgan fingerprint density at radius 1 is 1.29 bits per heavy atom. The van der Waals surface area contributed by atoms with Crippen molar-refractivity contribution in [2.75, 3.05) is 10.6 Å². The van der Waals surface area contributed by atoms with Crippen LogP contribution in [-0.2, 0) is 9.59 Å². The average Bonchev–Trinajstić information content (AvgIpc) is 2.27. The highest BCUT2D eigenvalue weighted by Crippen LogP contribution is 2.15. The van der Waals surface area contributed by atoms with Crippen molar-refractivity contribution < 1.29 is 9.59 Å². The standard InChI is InChI=1S/C12H17N3O2/c1-3-11(13)12(17)15-10-6-4-5-9(7-10)14-8(2)16/h4-7,11H,3,13H2,1-2H3,(H,14,16)(H,15,17)/t11-/m1/s1. The van der Waals surface area contributed by atoms with Gasteiger partial charge in [-0.2, -0.15) is 0 Å². The molecule has 1 aromatic rings. The van der Waals surface area contributed by atoms with Crippen LogP contribution in [0.3, 0.4) is 0 Å². The number of rotatable bonds is 4. The van der Waals surface area contributed by atoms with Gasteiger partial charge >= 0.3 is 0 Å². The van der Waals surface area contributed by atoms with Crippen LogP contribution in [0.5, 0.6) is 0 Å². The maximum absolute atomic E-state index is 11.6. The van der Waals surface area contributed by atoms with Crippen molar-refractivity contribution in [3.05, 3.63) is 24.3 Å². The van der Waals surface area contributed by atoms with Gasteiger partial charge in [-0.25, -0.2) is 0 Å². The van der Waals surface area contributed by atoms with Gasteiger partial charge < -0.3 is 16.4 Å². The van der Waals surface area contributed by atoms with E-state index in [4.69, 9.17) is 5.73 Å². The first kappa shape index (κ1) is 13.2. The number of amides is 2. The van der Waals surface area contributed by atoms with Crippen LogP contribution < -0.4 is 16.4 Å². The zero-order valence-electron chi connectivity index (χ0n) is 9.99. The van der Waals surface area contributed by atoms with E-state index in [0.717, 1.165) is 0 Å². The van der Waals surface area contributed by atoms with E-state index in [1.165, 1.54) is 6.92 Å². The van der Waals surface area contributed by atoms with Crippen molar-refractivity contribution in [3.8, 4) is 0 Å². The third-order valence-electron chi connectivity index (χ3n) is 2.23. The predicted octanol–water partition coefficient (Wildman–Crippen LogP) is 1.32. The summed E-state index contributed by atoms with van der Waals surface area (Å²) in [7, 11) is 0. The summed E-state index contributed by atoms with van der Waals surface area (Å²) in [6.07, 6.45) is 0.581. The smallest absolute Gasteiger partial charge is 0.241 e. The summed E-state index contributed by atoms with van der Waals surface area (Å²) in [4.78, 5) is 22.4. The van der Waals surface area contributed by atoms with Crippen LogP contribution in [0.2, 0.25) is 0 Å². The molecule has 0 heterocycles. The van der Waals surface area contributed by atoms with Gasteiger partial charge in [0.05, 0.1) is 6.04 Å². The second kappa shape index (κ2) is 6.00. The lowest BCUT2D eigenvalue weighted by atomic mass is 10.2. The fourth-order valence-corrected chi connectivity index (χ4v) is 1.30. The zero-order valence-corrected chi connectivity index (χ0v) is 9.99. The first-order valence-corrected chi connectivity index (χ1v) is 5.47. The Morgan fingerprint density at radius 2 is 1.88 bits per heavy atom. The van der Waals surface area contributed by atoms with E-state index >= 15 is 0 Å². The van der Waals surface area contributed by atoms with Gasteiger partial charge in [0.15, 0.2) is 0 Å². The van der Waals surface area contributed by atoms with E-state index in [1.807, 2.05) is 6.92 Å². The SMILES string of the molecule is CC[C@@H](N)C(=O)Nc1cccc(NC(C)=O)c1. The van der Waals surface area contributed by atoms with Crippen LogP contribution in [-0.4, -0.2) is 17.9 Å². The van der Waals surface area contributed by atoms with Gasteiger partial charge in [-0.1, -0.05) is 13.0 Å². The van der Waals surface area contributed by atoms with Gasteiger partial charge in [-0.15, -0.1) is 0 Å². The summed E-state index contributed by atoms with van der Waals surface area (Å²) in [6.45, 7) is 3.27. The Morgan fingerprint density at radius 3 is 2.41 bits per heavy atom. The summed E-state index contributed by atoms with van der Waals surface area (Å²) in [6, 6.07) is 6.40. The predicted molar refractivity (Wildman–Crippen MR) is 67.6 cm³/mol. The molecule has 2 amide bonds. The lowest BCUT2D eigenvalue weighted by Gasteiger charge is -2.11. The molecular formula is C12H17N3O2. The second-order valence-corrected chi connectivity index (χ2v) is 3.77. The van der Waals surface area contributed by atoms with Gasteiger partial charge in [0.25, 0.3) is 0 Å². The van der Waals surface area contributed by atoms with Crippen molar-refractivity contribution >= 4 is 23.2 Å². The quantitative estimate of drug-likeness (QED) is 0.735. The molecule has 0 aliphatic carbocycles. The minimum absolute atomic E-state index is 0.154. The second-order valence-electron chi connectivity index (χ2n) is 3.77. The number of hydrogen-bond donors (Lipinski definition) is 3. The van der Waals surface area contributed by atoms with Crippen LogP contribution in [0, 0.1) is 0 Å². The average molecular weight is 235 g/mol. The Bertz CT molecular complexity index is 418. The number of nitrogens with two attached hydrogens (primary N) is 1. The minimum atomic E-state index is -0.514. The van der Waals surface area contributed by atoms with Gasteiger partial charge in [0.2, 0.25) is 11.8 Å². The normalized spacial score (nSPS) is 11.7. The molecular weight excluding hydrogens is 218 g/mol. The summed E-state index contributed by atoms with van der Waals surface area (Å²) in [5, 5.41) is 5.33. The lowest BCUT2D eigenvalue weighted by Crippen LogP contribution is -2.34. The molecule has 0 aromatic heterocycles. The Kier molecular flexibility index (Phi) is 4.66. The lowest BCUT2D eigenvalue weighted by molar-refractivity contribution is -0.117. The van der Waals surface area contributed by atoms with E-state index in [0.29, 0.717) is 17.8 Å². The number of carbonyl (C=O) groups excluding carboxylic acids is 2. The van der Waals surface area contributed by atoms with Crippen molar-refractivity contribution in [1.82, 2.24) is 0 Å². The highest BCUT2D eigenvalue weighted by Gasteiger charge is 2.10. The third-order valence-corrected chi connectivity index (χ3v) is 2.23. The molecule has 5 heteroatoms. The molecule has 0 unspecified atom stereocenters. The summed E-state index contributed by atoms with van der Waals surface area (Å²) in [5.74, 6) is -0.383. The van der Waals surface area contributed by atoms with Gasteiger partial charge in [0.1, 0.15) is 0 Å². The summed E-state index contributed by atoms with van der Waals surface area (Å²) in [5.41, 5.74) is 6.86. The molecule has 4 N–H and O–H groups in total. The molecule has 0 bridgehead atoms. The summed E-state index contributed by atoms with van der Waals surface area (Å²) < 4.78 is 0. The molecule has 92 valence electrons. The van der Waals surface area contributed by atoms with Crippen molar-refractivity contribution in [1.29, 1.82) is 0 Å². The Hall–Kier alpha value is -1.88. The molecule has 0 fully saturated rings. The molecule has 5 nitrogen and oxygen atoms in total. The van der Waals surface area contributed by atoms with Crippen LogP contribution in [0.4, 0.5) is 11.4 Å². The number of nitrogens with one attached hydrogen (secondary N) is 2. The molecule has 0 saturated heterocycles. The third kappa shape index (κ3) is 4.24. The van der Waals surface area contributed by atoms with Crippen LogP contribution in [0.15, 0.2) is 24.3 Å². The van der Waals surface area contributed by atoms with Crippen LogP contribution >= 0.6 is 0 Å². The van der Waals surface area contributed by atoms with Gasteiger partial charge in [-0.05, 0) is 24.6 Å². The van der Waals surface area contributed by atoms with E-state index in [2.05, 4.69) is 10.6 Å². The molecule has 1 rings (SSSR count). The fraction of sp³-hybridized carbons (Fsp3) is 0.333. The molecule has 1 atom stereocenters. The topological polar surface area (TPSA) is 84.2 Å². The van der Waals surface area contributed by atoms with Crippen LogP contribution in [0.1, 0.15) is 20.3 Å². The van der Waals surface area contributed by atoms with Crippen molar-refractivity contribution in [3.63, 3.8) is 0 Å². The maximum atomic E-state index is 11.6. The van der Waals surface area contributed by atoms with Gasteiger partial charge in [0, 0.05) is 18.3 Å². The molecule has 17 heavy (non-hydrogen) atoms. The number of anilines is 2. The van der Waals surface area contributed by atoms with Crippen LogP contribution in [0.25, 0.3) is 0 Å². The van der Waals surface area contributed by atoms with Crippen molar-refractivity contribution in [2.24, 2.45) is 5.73 Å². The molecule has 0 aliphatic rings. The van der Waals surface area contributed by atoms with E-state index in [-0.39, 0.29) is 11.8 Å². The highest BCUT2D eigenvalue weighted by molar-refractivity contribution is 5.96. The first-order valence-electron chi connectivity index (χ1n) is 5.47. The summed E-state index contributed by atoms with van der Waals surface area (Å²) >= 11 is 0. The molecule has 0 aliphatic heterocycles. The number of benzene rings is 1. The van der Waals surface area contributed by atoms with Crippen molar-refractivity contribution in [2.45, 2.75) is 26.3 Å². The molecule has 1 aromatic carbocycles. The Labute approximate surface area is 100 Å². The first-order chi connectivity index (χ1) is 8.02. The monoisotopic (exact) mass is 235 g/mol. The molecule has 0 spiro atoms. The van der Waals surface area contributed by atoms with E-state index in [9.17, 15) is 9.59 Å². The largest absolute Gasteiger partial charge is 0.326 e. The number of hydrogen-bond acceptors (Lipinski definition) is 3. The van der Waals surface area contributed by atoms with Gasteiger partial charge in [-0.3, -0.25) is 9.59 Å². The maximum Gasteiger partial charge on any atom is 0.241 e. The molecule has 0 saturated carbocycles. The molecule has 0 radical (unpaired) electrons. The Balaban J connectivity index is 2.72. The number of carbonyl (C=O) groups is 2. The van der Waals surface area contributed by atoms with E-state index in [1.54, 1.807) is 24.3 Å². The van der Waals surface area contributed by atoms with E-state index < -0.39 is 6.04 Å². The zero-order chi connectivity index (χ0) is 12.8.